The van der Waals surface area contributed by atoms with Gasteiger partial charge in [-0.3, -0.25) is 0 Å². The Morgan fingerprint density at radius 2 is 1.78 bits per heavy atom. The van der Waals surface area contributed by atoms with E-state index in [-0.39, 0.29) is 6.04 Å². The van der Waals surface area contributed by atoms with Crippen LogP contribution in [0, 0.1) is 0 Å². The highest BCUT2D eigenvalue weighted by Crippen LogP contribution is 2.39. The molecule has 0 radical (unpaired) electrons. The summed E-state index contributed by atoms with van der Waals surface area (Å²) in [6, 6.07) is 12.5. The predicted octanol–water partition coefficient (Wildman–Crippen LogP) is 4.25. The number of hydrogen-bond donors (Lipinski definition) is 0. The Morgan fingerprint density at radius 1 is 1.04 bits per heavy atom. The Kier molecular flexibility index (Phi) is 5.12. The van der Waals surface area contributed by atoms with Crippen molar-refractivity contribution in [2.45, 2.75) is 18.9 Å². The highest BCUT2D eigenvalue weighted by atomic mass is 35.5. The van der Waals surface area contributed by atoms with E-state index in [1.807, 2.05) is 18.2 Å². The van der Waals surface area contributed by atoms with Gasteiger partial charge < -0.3 is 9.47 Å². The second-order valence-corrected chi connectivity index (χ2v) is 8.78. The zero-order valence-electron chi connectivity index (χ0n) is 14.7. The first-order chi connectivity index (χ1) is 13.0. The molecule has 0 amide bonds. The van der Waals surface area contributed by atoms with E-state index in [0.717, 1.165) is 24.0 Å². The first-order valence-electron chi connectivity index (χ1n) is 8.88. The first kappa shape index (κ1) is 18.3. The lowest BCUT2D eigenvalue weighted by Gasteiger charge is -2.25. The van der Waals surface area contributed by atoms with Crippen molar-refractivity contribution < 1.29 is 17.9 Å². The number of nitrogens with zero attached hydrogens (tertiary/aromatic N) is 1. The highest BCUT2D eigenvalue weighted by molar-refractivity contribution is 7.92. The van der Waals surface area contributed by atoms with Gasteiger partial charge in [-0.15, -0.1) is 0 Å². The van der Waals surface area contributed by atoms with E-state index in [2.05, 4.69) is 0 Å². The molecule has 0 bridgehead atoms. The molecule has 1 saturated heterocycles. The van der Waals surface area contributed by atoms with E-state index in [9.17, 15) is 8.42 Å². The molecule has 1 unspecified atom stereocenters. The van der Waals surface area contributed by atoms with Crippen LogP contribution in [0.4, 0.5) is 0 Å². The van der Waals surface area contributed by atoms with Crippen molar-refractivity contribution in [1.29, 1.82) is 0 Å². The smallest absolute Gasteiger partial charge is 0.236 e. The molecular formula is C20H20ClNO4S. The molecule has 2 aromatic rings. The van der Waals surface area contributed by atoms with Gasteiger partial charge in [-0.1, -0.05) is 29.8 Å². The number of benzene rings is 2. The van der Waals surface area contributed by atoms with Crippen LogP contribution in [-0.4, -0.2) is 32.5 Å². The van der Waals surface area contributed by atoms with Gasteiger partial charge in [0.2, 0.25) is 10.0 Å². The molecule has 7 heteroatoms. The third kappa shape index (κ3) is 3.98. The number of fused-ring (bicyclic) bond motifs is 1. The number of halogens is 1. The summed E-state index contributed by atoms with van der Waals surface area (Å²) in [7, 11) is -3.54. The molecule has 4 rings (SSSR count). The molecular weight excluding hydrogens is 386 g/mol. The van der Waals surface area contributed by atoms with Crippen LogP contribution in [0.25, 0.3) is 6.08 Å². The molecule has 0 aliphatic carbocycles. The van der Waals surface area contributed by atoms with Crippen molar-refractivity contribution in [3.05, 3.63) is 64.0 Å². The van der Waals surface area contributed by atoms with E-state index in [1.165, 1.54) is 5.41 Å². The van der Waals surface area contributed by atoms with Crippen molar-refractivity contribution in [2.75, 3.05) is 19.8 Å². The number of ether oxygens (including phenoxy) is 2. The van der Waals surface area contributed by atoms with Gasteiger partial charge in [-0.2, -0.15) is 4.31 Å². The van der Waals surface area contributed by atoms with E-state index < -0.39 is 10.0 Å². The summed E-state index contributed by atoms with van der Waals surface area (Å²) < 4.78 is 38.6. The Hall–Kier alpha value is -2.02. The Bertz CT molecular complexity index is 956. The zero-order valence-corrected chi connectivity index (χ0v) is 16.2. The lowest BCUT2D eigenvalue weighted by Crippen LogP contribution is -2.29. The fourth-order valence-electron chi connectivity index (χ4n) is 3.46. The predicted molar refractivity (Wildman–Crippen MR) is 106 cm³/mol. The maximum absolute atomic E-state index is 12.9. The number of rotatable bonds is 4. The van der Waals surface area contributed by atoms with E-state index in [0.29, 0.717) is 36.3 Å². The Labute approximate surface area is 164 Å². The maximum atomic E-state index is 12.9. The summed E-state index contributed by atoms with van der Waals surface area (Å²) >= 11 is 5.87. The minimum atomic E-state index is -3.54. The minimum absolute atomic E-state index is 0.194. The van der Waals surface area contributed by atoms with Gasteiger partial charge in [0, 0.05) is 17.0 Å². The topological polar surface area (TPSA) is 55.8 Å². The fraction of sp³-hybridized carbons (Fsp3) is 0.300. The lowest BCUT2D eigenvalue weighted by molar-refractivity contribution is 0.171. The van der Waals surface area contributed by atoms with Crippen molar-refractivity contribution in [3.8, 4) is 11.5 Å². The van der Waals surface area contributed by atoms with Crippen molar-refractivity contribution in [1.82, 2.24) is 4.31 Å². The lowest BCUT2D eigenvalue weighted by atomic mass is 10.0. The monoisotopic (exact) mass is 405 g/mol. The molecule has 1 atom stereocenters. The van der Waals surface area contributed by atoms with Crippen LogP contribution in [0.1, 0.15) is 30.0 Å². The second-order valence-electron chi connectivity index (χ2n) is 6.57. The van der Waals surface area contributed by atoms with Crippen LogP contribution in [0.3, 0.4) is 0 Å². The van der Waals surface area contributed by atoms with Crippen LogP contribution in [-0.2, 0) is 10.0 Å². The molecule has 0 spiro atoms. The molecule has 0 N–H and O–H groups in total. The summed E-state index contributed by atoms with van der Waals surface area (Å²) in [4.78, 5) is 0. The average Bonchev–Trinajstić information content (AvgIpc) is 3.18. The van der Waals surface area contributed by atoms with Gasteiger partial charge in [-0.25, -0.2) is 8.42 Å². The van der Waals surface area contributed by atoms with Crippen LogP contribution in [0.5, 0.6) is 11.5 Å². The average molecular weight is 406 g/mol. The zero-order chi connectivity index (χ0) is 18.9. The third-order valence-electron chi connectivity index (χ3n) is 4.78. The summed E-state index contributed by atoms with van der Waals surface area (Å²) in [5, 5.41) is 1.89. The molecule has 142 valence electrons. The Balaban J connectivity index is 1.57. The minimum Gasteiger partial charge on any atom is -0.486 e. The summed E-state index contributed by atoms with van der Waals surface area (Å²) in [6.07, 6.45) is 3.21. The van der Waals surface area contributed by atoms with Crippen molar-refractivity contribution in [2.24, 2.45) is 0 Å². The van der Waals surface area contributed by atoms with E-state index >= 15 is 0 Å². The summed E-state index contributed by atoms with van der Waals surface area (Å²) in [5.74, 6) is 1.39. The first-order valence-corrected chi connectivity index (χ1v) is 10.8. The fourth-order valence-corrected chi connectivity index (χ4v) is 5.04. The summed E-state index contributed by atoms with van der Waals surface area (Å²) in [6.45, 7) is 1.55. The number of sulfonamides is 1. The van der Waals surface area contributed by atoms with Crippen molar-refractivity contribution in [3.63, 3.8) is 0 Å². The van der Waals surface area contributed by atoms with Crippen molar-refractivity contribution >= 4 is 27.7 Å². The number of hydrogen-bond acceptors (Lipinski definition) is 4. The molecule has 2 aliphatic rings. The van der Waals surface area contributed by atoms with Gasteiger partial charge in [-0.05, 0) is 54.3 Å². The molecule has 0 aromatic heterocycles. The van der Waals surface area contributed by atoms with Crippen LogP contribution < -0.4 is 9.47 Å². The van der Waals surface area contributed by atoms with Crippen LogP contribution >= 0.6 is 11.6 Å². The van der Waals surface area contributed by atoms with Gasteiger partial charge in [0.05, 0.1) is 6.04 Å². The van der Waals surface area contributed by atoms with Crippen LogP contribution in [0.2, 0.25) is 5.02 Å². The van der Waals surface area contributed by atoms with Gasteiger partial charge in [0.15, 0.2) is 11.5 Å². The van der Waals surface area contributed by atoms with E-state index in [4.69, 9.17) is 21.1 Å². The summed E-state index contributed by atoms with van der Waals surface area (Å²) in [5.41, 5.74) is 1.72. The Morgan fingerprint density at radius 3 is 2.56 bits per heavy atom. The molecule has 2 aliphatic heterocycles. The third-order valence-corrected chi connectivity index (χ3v) is 6.61. The van der Waals surface area contributed by atoms with Gasteiger partial charge in [0.1, 0.15) is 13.2 Å². The normalized spacial score (nSPS) is 20.3. The SMILES string of the molecule is O=S(=O)(/C=C/c1ccc(Cl)cc1)N1CCCC1c1ccc2c(c1)OCCO2. The maximum Gasteiger partial charge on any atom is 0.236 e. The van der Waals surface area contributed by atoms with Crippen LogP contribution in [0.15, 0.2) is 47.9 Å². The second kappa shape index (κ2) is 7.54. The molecule has 0 saturated carbocycles. The molecule has 1 fully saturated rings. The molecule has 27 heavy (non-hydrogen) atoms. The molecule has 5 nitrogen and oxygen atoms in total. The standard InChI is InChI=1S/C20H20ClNO4S/c21-17-6-3-15(4-7-17)9-13-27(23,24)22-10-1-2-18(22)16-5-8-19-20(14-16)26-12-11-25-19/h3-9,13-14,18H,1-2,10-12H2/b13-9+. The van der Waals surface area contributed by atoms with Gasteiger partial charge >= 0.3 is 0 Å². The van der Waals surface area contributed by atoms with E-state index in [1.54, 1.807) is 34.6 Å². The molecule has 2 aromatic carbocycles. The largest absolute Gasteiger partial charge is 0.486 e. The quantitative estimate of drug-likeness (QED) is 0.763. The highest BCUT2D eigenvalue weighted by Gasteiger charge is 2.34. The van der Waals surface area contributed by atoms with Gasteiger partial charge in [0.25, 0.3) is 0 Å². The molecule has 2 heterocycles.